The molecule has 1 heterocycles. The maximum absolute atomic E-state index is 13.2. The number of rotatable bonds is 3. The lowest BCUT2D eigenvalue weighted by Gasteiger charge is -2.27. The fourth-order valence-electron chi connectivity index (χ4n) is 2.91. The maximum atomic E-state index is 13.2. The molecular weight excluding hydrogens is 277 g/mol. The molecule has 20 heavy (non-hydrogen) atoms. The standard InChI is InChI=1S/C15H16FNO2S/c16-11-3-1-2-9(6-11)7-14-17-12-5-4-10(15(18)19)8-13(12)20-14/h1-3,6,10,12-13H,4-5,7-8H2,(H,18,19). The average molecular weight is 293 g/mol. The van der Waals surface area contributed by atoms with E-state index in [9.17, 15) is 9.18 Å². The number of thioether (sulfide) groups is 1. The number of hydrogen-bond acceptors (Lipinski definition) is 3. The van der Waals surface area contributed by atoms with Gasteiger partial charge in [0, 0.05) is 11.7 Å². The second kappa shape index (κ2) is 5.56. The molecule has 1 aromatic carbocycles. The van der Waals surface area contributed by atoms with E-state index in [-0.39, 0.29) is 23.0 Å². The Morgan fingerprint density at radius 1 is 1.45 bits per heavy atom. The lowest BCUT2D eigenvalue weighted by atomic mass is 9.86. The highest BCUT2D eigenvalue weighted by Gasteiger charge is 2.38. The van der Waals surface area contributed by atoms with E-state index in [2.05, 4.69) is 0 Å². The molecule has 1 aliphatic carbocycles. The Bertz CT molecular complexity index is 561. The summed E-state index contributed by atoms with van der Waals surface area (Å²) >= 11 is 1.68. The Hall–Kier alpha value is -1.36. The third kappa shape index (κ3) is 2.87. The molecular formula is C15H16FNO2S. The van der Waals surface area contributed by atoms with Gasteiger partial charge in [-0.2, -0.15) is 0 Å². The number of benzene rings is 1. The Balaban J connectivity index is 1.65. The van der Waals surface area contributed by atoms with E-state index in [1.54, 1.807) is 17.8 Å². The number of aliphatic imine (C=N–C) groups is 1. The minimum absolute atomic E-state index is 0.227. The highest BCUT2D eigenvalue weighted by Crippen LogP contribution is 2.40. The van der Waals surface area contributed by atoms with Crippen LogP contribution in [0.4, 0.5) is 4.39 Å². The quantitative estimate of drug-likeness (QED) is 0.931. The predicted molar refractivity (Wildman–Crippen MR) is 77.7 cm³/mol. The van der Waals surface area contributed by atoms with E-state index in [0.29, 0.717) is 19.3 Å². The summed E-state index contributed by atoms with van der Waals surface area (Å²) in [5, 5.41) is 10.4. The number of fused-ring (bicyclic) bond motifs is 1. The number of aliphatic carboxylic acids is 1. The van der Waals surface area contributed by atoms with Crippen molar-refractivity contribution < 1.29 is 14.3 Å². The van der Waals surface area contributed by atoms with Crippen LogP contribution in [-0.4, -0.2) is 27.4 Å². The van der Waals surface area contributed by atoms with Gasteiger partial charge in [0.1, 0.15) is 5.82 Å². The monoisotopic (exact) mass is 293 g/mol. The van der Waals surface area contributed by atoms with Crippen LogP contribution in [0.5, 0.6) is 0 Å². The normalized spacial score (nSPS) is 28.9. The molecule has 3 rings (SSSR count). The summed E-state index contributed by atoms with van der Waals surface area (Å²) in [7, 11) is 0. The lowest BCUT2D eigenvalue weighted by molar-refractivity contribution is -0.142. The molecule has 5 heteroatoms. The summed E-state index contributed by atoms with van der Waals surface area (Å²) in [6, 6.07) is 6.82. The molecule has 0 radical (unpaired) electrons. The van der Waals surface area contributed by atoms with Crippen molar-refractivity contribution in [1.82, 2.24) is 0 Å². The van der Waals surface area contributed by atoms with E-state index in [1.165, 1.54) is 12.1 Å². The minimum Gasteiger partial charge on any atom is -0.481 e. The summed E-state index contributed by atoms with van der Waals surface area (Å²) < 4.78 is 13.2. The van der Waals surface area contributed by atoms with Gasteiger partial charge in [0.25, 0.3) is 0 Å². The fraction of sp³-hybridized carbons (Fsp3) is 0.467. The van der Waals surface area contributed by atoms with Gasteiger partial charge in [0.15, 0.2) is 0 Å². The van der Waals surface area contributed by atoms with Gasteiger partial charge in [-0.25, -0.2) is 4.39 Å². The number of carboxylic acids is 1. The predicted octanol–water partition coefficient (Wildman–Crippen LogP) is 3.14. The molecule has 3 nitrogen and oxygen atoms in total. The third-order valence-electron chi connectivity index (χ3n) is 3.95. The van der Waals surface area contributed by atoms with Crippen molar-refractivity contribution in [2.45, 2.75) is 37.0 Å². The topological polar surface area (TPSA) is 49.7 Å². The average Bonchev–Trinajstić information content (AvgIpc) is 2.79. The third-order valence-corrected chi connectivity index (χ3v) is 5.28. The smallest absolute Gasteiger partial charge is 0.306 e. The summed E-state index contributed by atoms with van der Waals surface area (Å²) in [6.07, 6.45) is 2.91. The molecule has 3 atom stereocenters. The van der Waals surface area contributed by atoms with Crippen molar-refractivity contribution in [2.75, 3.05) is 0 Å². The van der Waals surface area contributed by atoms with Crippen molar-refractivity contribution in [3.63, 3.8) is 0 Å². The molecule has 106 valence electrons. The lowest BCUT2D eigenvalue weighted by Crippen LogP contribution is -2.31. The van der Waals surface area contributed by atoms with Crippen LogP contribution in [-0.2, 0) is 11.2 Å². The van der Waals surface area contributed by atoms with Crippen LogP contribution in [0.2, 0.25) is 0 Å². The molecule has 1 aliphatic heterocycles. The summed E-state index contributed by atoms with van der Waals surface area (Å²) in [5.41, 5.74) is 0.921. The van der Waals surface area contributed by atoms with Crippen LogP contribution in [0.3, 0.4) is 0 Å². The molecule has 2 aliphatic rings. The number of carboxylic acid groups (broad SMARTS) is 1. The first-order chi connectivity index (χ1) is 9.61. The van der Waals surface area contributed by atoms with E-state index in [1.807, 2.05) is 6.07 Å². The zero-order valence-corrected chi connectivity index (χ0v) is 11.8. The Labute approximate surface area is 121 Å². The van der Waals surface area contributed by atoms with Gasteiger partial charge in [-0.05, 0) is 37.0 Å². The summed E-state index contributed by atoms with van der Waals surface area (Å²) in [5.74, 6) is -1.15. The van der Waals surface area contributed by atoms with Crippen LogP contribution in [0, 0.1) is 11.7 Å². The van der Waals surface area contributed by atoms with Crippen molar-refractivity contribution in [2.24, 2.45) is 10.9 Å². The van der Waals surface area contributed by atoms with Crippen molar-refractivity contribution in [3.05, 3.63) is 35.6 Å². The second-order valence-corrected chi connectivity index (χ2v) is 6.71. The molecule has 0 aromatic heterocycles. The molecule has 0 amide bonds. The minimum atomic E-state index is -0.692. The zero-order valence-electron chi connectivity index (χ0n) is 11.0. The molecule has 0 bridgehead atoms. The molecule has 1 saturated carbocycles. The highest BCUT2D eigenvalue weighted by atomic mass is 32.2. The zero-order chi connectivity index (χ0) is 14.1. The number of carbonyl (C=O) groups is 1. The Kier molecular flexibility index (Phi) is 3.78. The number of hydrogen-bond donors (Lipinski definition) is 1. The van der Waals surface area contributed by atoms with Gasteiger partial charge in [-0.1, -0.05) is 12.1 Å². The highest BCUT2D eigenvalue weighted by molar-refractivity contribution is 8.14. The van der Waals surface area contributed by atoms with Gasteiger partial charge < -0.3 is 5.11 Å². The SMILES string of the molecule is O=C(O)C1CCC2N=C(Cc3cccc(F)c3)SC2C1. The number of halogens is 1. The molecule has 1 N–H and O–H groups in total. The van der Waals surface area contributed by atoms with Gasteiger partial charge in [-0.3, -0.25) is 9.79 Å². The molecule has 1 fully saturated rings. The van der Waals surface area contributed by atoms with Gasteiger partial charge in [0.05, 0.1) is 17.0 Å². The van der Waals surface area contributed by atoms with Crippen LogP contribution >= 0.6 is 11.8 Å². The van der Waals surface area contributed by atoms with E-state index in [0.717, 1.165) is 17.0 Å². The van der Waals surface area contributed by atoms with Crippen LogP contribution in [0.25, 0.3) is 0 Å². The summed E-state index contributed by atoms with van der Waals surface area (Å²) in [6.45, 7) is 0. The van der Waals surface area contributed by atoms with Crippen LogP contribution < -0.4 is 0 Å². The molecule has 0 saturated heterocycles. The van der Waals surface area contributed by atoms with Gasteiger partial charge in [-0.15, -0.1) is 11.8 Å². The van der Waals surface area contributed by atoms with Crippen LogP contribution in [0.1, 0.15) is 24.8 Å². The molecule has 3 unspecified atom stereocenters. The first-order valence-electron chi connectivity index (χ1n) is 6.82. The van der Waals surface area contributed by atoms with E-state index >= 15 is 0 Å². The van der Waals surface area contributed by atoms with Crippen molar-refractivity contribution in [3.8, 4) is 0 Å². The summed E-state index contributed by atoms with van der Waals surface area (Å²) in [4.78, 5) is 15.8. The number of nitrogens with zero attached hydrogens (tertiary/aromatic N) is 1. The second-order valence-electron chi connectivity index (χ2n) is 5.40. The van der Waals surface area contributed by atoms with Gasteiger partial charge >= 0.3 is 5.97 Å². The fourth-order valence-corrected chi connectivity index (χ4v) is 4.39. The molecule has 1 aromatic rings. The van der Waals surface area contributed by atoms with Gasteiger partial charge in [0.2, 0.25) is 0 Å². The van der Waals surface area contributed by atoms with Crippen LogP contribution in [0.15, 0.2) is 29.3 Å². The Morgan fingerprint density at radius 2 is 2.30 bits per heavy atom. The largest absolute Gasteiger partial charge is 0.481 e. The van der Waals surface area contributed by atoms with Crippen molar-refractivity contribution in [1.29, 1.82) is 0 Å². The Morgan fingerprint density at radius 3 is 3.05 bits per heavy atom. The molecule has 0 spiro atoms. The maximum Gasteiger partial charge on any atom is 0.306 e. The first-order valence-corrected chi connectivity index (χ1v) is 7.70. The van der Waals surface area contributed by atoms with E-state index in [4.69, 9.17) is 10.1 Å². The first kappa shape index (κ1) is 13.6. The van der Waals surface area contributed by atoms with E-state index < -0.39 is 5.97 Å². The van der Waals surface area contributed by atoms with Crippen molar-refractivity contribution >= 4 is 22.8 Å².